The molecule has 0 aromatic heterocycles. The van der Waals surface area contributed by atoms with E-state index in [2.05, 4.69) is 112 Å². The highest BCUT2D eigenvalue weighted by atomic mass is 35.5. The summed E-state index contributed by atoms with van der Waals surface area (Å²) < 4.78 is 0. The second kappa shape index (κ2) is 2130. The Morgan fingerprint density at radius 2 is 0.345 bits per heavy atom. The van der Waals surface area contributed by atoms with Gasteiger partial charge in [0.05, 0.1) is 5.34 Å². The van der Waals surface area contributed by atoms with Gasteiger partial charge in [-0.1, -0.05) is 72.3 Å². The molecule has 12 N–H and O–H groups in total. The maximum Gasteiger partial charge on any atom is 0.0967 e. The van der Waals surface area contributed by atoms with Crippen LogP contribution in [0.3, 0.4) is 0 Å². The zero-order chi connectivity index (χ0) is 16.7. The molecule has 0 atom stereocenters. The van der Waals surface area contributed by atoms with Crippen molar-refractivity contribution in [3.63, 3.8) is 0 Å². The molecule has 0 aliphatic heterocycles. The van der Waals surface area contributed by atoms with E-state index in [-0.39, 0.29) is 82.8 Å². The van der Waals surface area contributed by atoms with Crippen molar-refractivity contribution in [2.45, 2.75) is 72.3 Å². The lowest BCUT2D eigenvalue weighted by atomic mass is 11.0. The molecular weight excluding hydrogens is 620 g/mol. The number of hydrogen-bond acceptors (Lipinski definition) is 10. The number of rotatable bonds is 0. The van der Waals surface area contributed by atoms with Crippen LogP contribution in [0.2, 0.25) is 0 Å². The van der Waals surface area contributed by atoms with Crippen LogP contribution in [-0.2, 0) is 112 Å². The maximum atomic E-state index is 4.76. The fraction of sp³-hybridized carbons (Fsp3) is 1.00. The molecule has 0 fully saturated rings. The van der Waals surface area contributed by atoms with Gasteiger partial charge in [0, 0.05) is 112 Å². The van der Waals surface area contributed by atoms with E-state index in [1.807, 2.05) is 27.7 Å². The van der Waals surface area contributed by atoms with Crippen LogP contribution >= 0.6 is 23.2 Å². The summed E-state index contributed by atoms with van der Waals surface area (Å²) in [5.74, 6) is 0. The molecule has 0 aromatic carbocycles. The average Bonchev–Trinajstić information content (AvgIpc) is 2.53. The molecule has 0 saturated carbocycles. The zero-order valence-corrected chi connectivity index (χ0v) is 22.2. The predicted octanol–water partition coefficient (Wildman–Crippen LogP) is 2.32. The summed E-state index contributed by atoms with van der Waals surface area (Å²) in [5.41, 5.74) is 0. The Kier molecular flexibility index (Phi) is 16200. The molecule has 0 amide bonds. The minimum Gasteiger partial charge on any atom is -0.412 e. The van der Waals surface area contributed by atoms with E-state index in [1.54, 1.807) is 0 Å². The van der Waals surface area contributed by atoms with E-state index in [0.29, 0.717) is 0 Å². The van der Waals surface area contributed by atoms with Crippen molar-refractivity contribution in [2.24, 2.45) is 0 Å². The topological polar surface area (TPSA) is 189 Å². The molecule has 0 bridgehead atoms. The highest BCUT2D eigenvalue weighted by Crippen LogP contribution is 1.73. The highest BCUT2D eigenvalue weighted by Gasteiger charge is 1.41. The molecule has 204 valence electrons. The summed E-state index contributed by atoms with van der Waals surface area (Å²) in [5, 5.41) is 0.194. The maximum absolute atomic E-state index is 4.76. The van der Waals surface area contributed by atoms with Crippen molar-refractivity contribution in [3.05, 3.63) is 0 Å². The van der Waals surface area contributed by atoms with E-state index in [1.165, 1.54) is 0 Å². The van der Waals surface area contributed by atoms with Crippen LogP contribution in [-0.4, -0.2) is 38.2 Å². The lowest BCUT2D eigenvalue weighted by Crippen LogP contribution is -1.24. The lowest BCUT2D eigenvalue weighted by Gasteiger charge is -1.42. The summed E-state index contributed by atoms with van der Waals surface area (Å²) >= 11 is 46.2. The first-order chi connectivity index (χ1) is 8.41. The summed E-state index contributed by atoms with van der Waals surface area (Å²) in [7, 11) is 0. The zero-order valence-electron chi connectivity index (χ0n) is 12.5. The number of hydrogen-bond donors (Lipinski definition) is 0. The standard InChI is InChI=1S/2C2H6.CH2Cl2.6CH4.6H2O.5S2/c2*1-2;2-1-3;;;;;;;;;;;;;5*1-2/h2*1-2H3;1H2;6*1H4;6*1H2;;;;;. The third-order valence-electron chi connectivity index (χ3n) is 0. The van der Waals surface area contributed by atoms with Crippen molar-refractivity contribution >= 4 is 135 Å². The summed E-state index contributed by atoms with van der Waals surface area (Å²) in [6, 6.07) is 0. The van der Waals surface area contributed by atoms with Crippen LogP contribution in [0, 0.1) is 0 Å². The molecule has 0 aliphatic carbocycles. The molecule has 0 saturated heterocycles. The molecule has 0 heterocycles. The molecule has 0 aromatic rings. The van der Waals surface area contributed by atoms with E-state index in [0.717, 1.165) is 0 Å². The van der Waals surface area contributed by atoms with Crippen LogP contribution in [0.15, 0.2) is 0 Å². The lowest BCUT2D eigenvalue weighted by molar-refractivity contribution is 0.823. The van der Waals surface area contributed by atoms with Crippen LogP contribution in [0.25, 0.3) is 0 Å². The first kappa shape index (κ1) is 221. The van der Waals surface area contributed by atoms with E-state index in [4.69, 9.17) is 23.2 Å². The monoisotopic (exact) mass is 668 g/mol. The van der Waals surface area contributed by atoms with Gasteiger partial charge < -0.3 is 32.9 Å². The molecule has 6 nitrogen and oxygen atoms in total. The second-order valence-corrected chi connectivity index (χ2v) is 0.909. The van der Waals surface area contributed by atoms with Gasteiger partial charge in [-0.25, -0.2) is 0 Å². The van der Waals surface area contributed by atoms with Crippen molar-refractivity contribution in [1.82, 2.24) is 0 Å². The highest BCUT2D eigenvalue weighted by molar-refractivity contribution is 8.08. The molecule has 18 heteroatoms. The van der Waals surface area contributed by atoms with Crippen molar-refractivity contribution in [2.75, 3.05) is 5.34 Å². The van der Waals surface area contributed by atoms with Gasteiger partial charge in [-0.2, -0.15) is 0 Å². The largest absolute Gasteiger partial charge is 0.412 e. The van der Waals surface area contributed by atoms with Crippen LogP contribution < -0.4 is 0 Å². The minimum absolute atomic E-state index is 0. The van der Waals surface area contributed by atoms with Crippen molar-refractivity contribution in [1.29, 1.82) is 0 Å². The molecule has 0 unspecified atom stereocenters. The Labute approximate surface area is 243 Å². The summed E-state index contributed by atoms with van der Waals surface area (Å²) in [4.78, 5) is 0. The Bertz CT molecular complexity index is 71.5. The Balaban J connectivity index is -0.00000000168. The van der Waals surface area contributed by atoms with Crippen molar-refractivity contribution in [3.8, 4) is 0 Å². The van der Waals surface area contributed by atoms with E-state index < -0.39 is 0 Å². The molecule has 0 spiro atoms. The number of alkyl halides is 2. The van der Waals surface area contributed by atoms with Gasteiger partial charge in [0.2, 0.25) is 0 Å². The minimum atomic E-state index is 0. The molecule has 0 radical (unpaired) electrons. The normalized spacial score (nSPS) is 1.72. The number of halogens is 2. The van der Waals surface area contributed by atoms with Crippen LogP contribution in [0.4, 0.5) is 0 Å². The fourth-order valence-electron chi connectivity index (χ4n) is 0. The van der Waals surface area contributed by atoms with E-state index >= 15 is 0 Å². The first-order valence-electron chi connectivity index (χ1n) is 3.37. The summed E-state index contributed by atoms with van der Waals surface area (Å²) in [6.07, 6.45) is 0. The van der Waals surface area contributed by atoms with Gasteiger partial charge in [0.1, 0.15) is 0 Å². The van der Waals surface area contributed by atoms with E-state index in [9.17, 15) is 0 Å². The third-order valence-corrected chi connectivity index (χ3v) is 0. The average molecular weight is 670 g/mol. The molecule has 0 rings (SSSR count). The van der Waals surface area contributed by atoms with Gasteiger partial charge in [0.25, 0.3) is 0 Å². The molecule has 0 aliphatic rings. The third kappa shape index (κ3) is 3860. The second-order valence-electron chi connectivity index (χ2n) is 0.101. The Morgan fingerprint density at radius 3 is 0.345 bits per heavy atom. The van der Waals surface area contributed by atoms with Gasteiger partial charge in [0.15, 0.2) is 0 Å². The fourth-order valence-corrected chi connectivity index (χ4v) is 0. The van der Waals surface area contributed by atoms with Crippen LogP contribution in [0.5, 0.6) is 0 Å². The SMILES string of the molecule is C.C.C.C.C.C.CC.CC.ClCCl.O.O.O.O.O.O.S=S.S=S.S=S.S=S.S=S. The van der Waals surface area contributed by atoms with Crippen LogP contribution in [0.1, 0.15) is 72.3 Å². The van der Waals surface area contributed by atoms with Gasteiger partial charge >= 0.3 is 0 Å². The predicted molar refractivity (Wildman–Crippen MR) is 175 cm³/mol. The Hall–Kier alpha value is 2.54. The van der Waals surface area contributed by atoms with Gasteiger partial charge in [-0.3, -0.25) is 0 Å². The Morgan fingerprint density at radius 1 is 0.345 bits per heavy atom. The van der Waals surface area contributed by atoms with Gasteiger partial charge in [-0.15, -0.1) is 23.2 Å². The first-order valence-corrected chi connectivity index (χ1v) is 11.1. The summed E-state index contributed by atoms with van der Waals surface area (Å²) in [6.45, 7) is 8.00. The quantitative estimate of drug-likeness (QED) is 0.346. The smallest absolute Gasteiger partial charge is 0.0967 e. The van der Waals surface area contributed by atoms with Gasteiger partial charge in [-0.05, 0) is 0 Å². The van der Waals surface area contributed by atoms with Crippen molar-refractivity contribution < 1.29 is 32.9 Å². The molecule has 29 heavy (non-hydrogen) atoms. The molecular formula is C11H50Cl2O6S10.